The third-order valence-electron chi connectivity index (χ3n) is 3.18. The number of hydrogen-bond donors (Lipinski definition) is 3. The fraction of sp³-hybridized carbons (Fsp3) is 0.125. The zero-order valence-electron chi connectivity index (χ0n) is 12.7. The number of benzene rings is 1. The number of aromatic carboxylic acids is 2. The third kappa shape index (κ3) is 3.32. The minimum absolute atomic E-state index is 0.00807. The van der Waals surface area contributed by atoms with E-state index in [-0.39, 0.29) is 39.6 Å². The fourth-order valence-electron chi connectivity index (χ4n) is 2.10. The largest absolute Gasteiger partial charge is 0.507 e. The van der Waals surface area contributed by atoms with Crippen molar-refractivity contribution in [3.05, 3.63) is 57.1 Å². The SMILES string of the molecule is CC(=Nc1cc(C(=O)O)ccc1C(=O)O)c1c(O)cc(C)oc1=O. The highest BCUT2D eigenvalue weighted by Crippen LogP contribution is 2.24. The van der Waals surface area contributed by atoms with E-state index in [0.717, 1.165) is 18.2 Å². The molecule has 0 amide bonds. The molecule has 8 heteroatoms. The summed E-state index contributed by atoms with van der Waals surface area (Å²) in [5.74, 6) is -2.72. The van der Waals surface area contributed by atoms with E-state index in [9.17, 15) is 24.6 Å². The topological polar surface area (TPSA) is 137 Å². The number of carboxylic acids is 2. The molecule has 2 aromatic rings. The molecule has 0 unspecified atom stereocenters. The molecule has 0 saturated carbocycles. The summed E-state index contributed by atoms with van der Waals surface area (Å²) in [5.41, 5.74) is -1.62. The molecular formula is C16H13NO7. The average molecular weight is 331 g/mol. The van der Waals surface area contributed by atoms with Crippen LogP contribution < -0.4 is 5.63 Å². The number of aryl methyl sites for hydroxylation is 1. The summed E-state index contributed by atoms with van der Waals surface area (Å²) in [7, 11) is 0. The number of aromatic hydroxyl groups is 1. The Morgan fingerprint density at radius 1 is 1.12 bits per heavy atom. The molecule has 0 aliphatic carbocycles. The first-order valence-corrected chi connectivity index (χ1v) is 6.70. The van der Waals surface area contributed by atoms with Crippen molar-refractivity contribution in [2.45, 2.75) is 13.8 Å². The van der Waals surface area contributed by atoms with Crippen LogP contribution in [0.4, 0.5) is 5.69 Å². The van der Waals surface area contributed by atoms with Gasteiger partial charge in [0.25, 0.3) is 0 Å². The van der Waals surface area contributed by atoms with Crippen LogP contribution in [0.2, 0.25) is 0 Å². The Morgan fingerprint density at radius 3 is 2.33 bits per heavy atom. The van der Waals surface area contributed by atoms with E-state index < -0.39 is 17.6 Å². The lowest BCUT2D eigenvalue weighted by Crippen LogP contribution is -2.13. The fourth-order valence-corrected chi connectivity index (χ4v) is 2.10. The van der Waals surface area contributed by atoms with Crippen molar-refractivity contribution in [3.8, 4) is 5.75 Å². The second-order valence-electron chi connectivity index (χ2n) is 4.94. The molecule has 1 aromatic heterocycles. The number of hydrogen-bond acceptors (Lipinski definition) is 6. The van der Waals surface area contributed by atoms with Gasteiger partial charge in [-0.2, -0.15) is 0 Å². The van der Waals surface area contributed by atoms with Gasteiger partial charge in [0.2, 0.25) is 0 Å². The third-order valence-corrected chi connectivity index (χ3v) is 3.18. The first-order chi connectivity index (χ1) is 11.2. The van der Waals surface area contributed by atoms with Crippen molar-refractivity contribution >= 4 is 23.3 Å². The molecular weight excluding hydrogens is 318 g/mol. The first kappa shape index (κ1) is 16.9. The summed E-state index contributed by atoms with van der Waals surface area (Å²) in [6.45, 7) is 2.86. The van der Waals surface area contributed by atoms with Gasteiger partial charge < -0.3 is 19.7 Å². The summed E-state index contributed by atoms with van der Waals surface area (Å²) in [4.78, 5) is 38.2. The van der Waals surface area contributed by atoms with Gasteiger partial charge in [0.1, 0.15) is 17.1 Å². The standard InChI is InChI=1S/C16H13NO7/c1-7-5-12(18)13(16(23)24-7)8(2)17-11-6-9(14(19)20)3-4-10(11)15(21)22/h3-6,18H,1-2H3,(H,19,20)(H,21,22). The number of nitrogens with zero attached hydrogens (tertiary/aromatic N) is 1. The molecule has 0 aliphatic heterocycles. The zero-order valence-corrected chi connectivity index (χ0v) is 12.7. The quantitative estimate of drug-likeness (QED) is 0.730. The lowest BCUT2D eigenvalue weighted by atomic mass is 10.1. The van der Waals surface area contributed by atoms with E-state index in [1.54, 1.807) is 0 Å². The second-order valence-corrected chi connectivity index (χ2v) is 4.94. The molecule has 24 heavy (non-hydrogen) atoms. The summed E-state index contributed by atoms with van der Waals surface area (Å²) in [6, 6.07) is 4.54. The maximum atomic E-state index is 11.9. The molecule has 0 saturated heterocycles. The predicted molar refractivity (Wildman–Crippen MR) is 83.6 cm³/mol. The highest BCUT2D eigenvalue weighted by molar-refractivity contribution is 6.04. The van der Waals surface area contributed by atoms with E-state index in [4.69, 9.17) is 9.52 Å². The Labute approximate surface area is 135 Å². The summed E-state index contributed by atoms with van der Waals surface area (Å²) < 4.78 is 4.88. The van der Waals surface area contributed by atoms with Crippen molar-refractivity contribution in [2.75, 3.05) is 0 Å². The van der Waals surface area contributed by atoms with Crippen LogP contribution >= 0.6 is 0 Å². The predicted octanol–water partition coefficient (Wildman–Crippen LogP) is 2.19. The van der Waals surface area contributed by atoms with Crippen LogP contribution in [0.15, 0.2) is 38.5 Å². The van der Waals surface area contributed by atoms with Crippen molar-refractivity contribution in [3.63, 3.8) is 0 Å². The van der Waals surface area contributed by atoms with Crippen molar-refractivity contribution in [1.82, 2.24) is 0 Å². The highest BCUT2D eigenvalue weighted by atomic mass is 16.4. The molecule has 124 valence electrons. The van der Waals surface area contributed by atoms with Crippen LogP contribution in [0.5, 0.6) is 5.75 Å². The normalized spacial score (nSPS) is 11.3. The van der Waals surface area contributed by atoms with Crippen LogP contribution in [-0.2, 0) is 0 Å². The monoisotopic (exact) mass is 331 g/mol. The Balaban J connectivity index is 2.66. The van der Waals surface area contributed by atoms with Gasteiger partial charge in [-0.05, 0) is 32.0 Å². The molecule has 0 atom stereocenters. The zero-order chi connectivity index (χ0) is 18.0. The van der Waals surface area contributed by atoms with Gasteiger partial charge in [-0.15, -0.1) is 0 Å². The minimum Gasteiger partial charge on any atom is -0.507 e. The molecule has 1 aromatic carbocycles. The van der Waals surface area contributed by atoms with Gasteiger partial charge in [-0.1, -0.05) is 0 Å². The molecule has 8 nitrogen and oxygen atoms in total. The van der Waals surface area contributed by atoms with Crippen LogP contribution in [0, 0.1) is 6.92 Å². The van der Waals surface area contributed by atoms with E-state index in [0.29, 0.717) is 0 Å². The first-order valence-electron chi connectivity index (χ1n) is 6.70. The Kier molecular flexibility index (Phi) is 4.50. The van der Waals surface area contributed by atoms with Crippen molar-refractivity contribution < 1.29 is 29.3 Å². The Morgan fingerprint density at radius 2 is 1.79 bits per heavy atom. The average Bonchev–Trinajstić information content (AvgIpc) is 2.45. The number of rotatable bonds is 4. The molecule has 1 heterocycles. The van der Waals surface area contributed by atoms with Crippen molar-refractivity contribution in [1.29, 1.82) is 0 Å². The van der Waals surface area contributed by atoms with Gasteiger partial charge in [0.15, 0.2) is 0 Å². The molecule has 0 radical (unpaired) electrons. The van der Waals surface area contributed by atoms with E-state index in [1.807, 2.05) is 0 Å². The summed E-state index contributed by atoms with van der Waals surface area (Å²) >= 11 is 0. The van der Waals surface area contributed by atoms with E-state index in [1.165, 1.54) is 19.9 Å². The maximum absolute atomic E-state index is 11.9. The Bertz CT molecular complexity index is 925. The minimum atomic E-state index is -1.31. The number of carbonyl (C=O) groups is 2. The smallest absolute Gasteiger partial charge is 0.348 e. The molecule has 0 aliphatic rings. The lowest BCUT2D eigenvalue weighted by molar-refractivity contribution is 0.0682. The van der Waals surface area contributed by atoms with Crippen LogP contribution in [0.3, 0.4) is 0 Å². The molecule has 0 spiro atoms. The van der Waals surface area contributed by atoms with Crippen molar-refractivity contribution in [2.24, 2.45) is 4.99 Å². The van der Waals surface area contributed by atoms with Gasteiger partial charge in [0.05, 0.1) is 22.5 Å². The van der Waals surface area contributed by atoms with Gasteiger partial charge in [0, 0.05) is 6.07 Å². The molecule has 3 N–H and O–H groups in total. The van der Waals surface area contributed by atoms with Crippen LogP contribution in [0.25, 0.3) is 0 Å². The van der Waals surface area contributed by atoms with Crippen LogP contribution in [0.1, 0.15) is 39.0 Å². The summed E-state index contributed by atoms with van der Waals surface area (Å²) in [5, 5.41) is 28.1. The second kappa shape index (κ2) is 6.37. The van der Waals surface area contributed by atoms with E-state index >= 15 is 0 Å². The van der Waals surface area contributed by atoms with Gasteiger partial charge >= 0.3 is 17.6 Å². The molecule has 0 fully saturated rings. The summed E-state index contributed by atoms with van der Waals surface area (Å²) in [6.07, 6.45) is 0. The Hall–Kier alpha value is -3.42. The maximum Gasteiger partial charge on any atom is 0.348 e. The lowest BCUT2D eigenvalue weighted by Gasteiger charge is -2.06. The van der Waals surface area contributed by atoms with E-state index in [2.05, 4.69) is 4.99 Å². The van der Waals surface area contributed by atoms with Gasteiger partial charge in [-0.3, -0.25) is 4.99 Å². The van der Waals surface area contributed by atoms with Crippen LogP contribution in [-0.4, -0.2) is 33.0 Å². The number of carboxylic acid groups (broad SMARTS) is 2. The highest BCUT2D eigenvalue weighted by Gasteiger charge is 2.17. The molecule has 2 rings (SSSR count). The van der Waals surface area contributed by atoms with Gasteiger partial charge in [-0.25, -0.2) is 14.4 Å². The molecule has 0 bridgehead atoms. The number of aliphatic imine (C=N–C) groups is 1.